The van der Waals surface area contributed by atoms with Gasteiger partial charge in [-0.3, -0.25) is 4.79 Å². The number of nitrogens with one attached hydrogen (secondary N) is 1. The summed E-state index contributed by atoms with van der Waals surface area (Å²) >= 11 is 6.49. The molecule has 0 saturated carbocycles. The summed E-state index contributed by atoms with van der Waals surface area (Å²) in [5.41, 5.74) is 6.90. The molecule has 3 nitrogen and oxygen atoms in total. The van der Waals surface area contributed by atoms with Gasteiger partial charge in [-0.2, -0.15) is 0 Å². The summed E-state index contributed by atoms with van der Waals surface area (Å²) in [4.78, 5) is 12.0. The number of benzene rings is 2. The monoisotopic (exact) mass is 386 g/mol. The third-order valence-electron chi connectivity index (χ3n) is 2.43. The Balaban J connectivity index is 2.28. The Bertz CT molecular complexity index is 647. The Kier molecular flexibility index (Phi) is 4.21. The highest BCUT2D eigenvalue weighted by molar-refractivity contribution is 9.10. The van der Waals surface area contributed by atoms with Crippen molar-refractivity contribution in [1.29, 1.82) is 0 Å². The molecule has 0 aromatic heterocycles. The summed E-state index contributed by atoms with van der Waals surface area (Å²) in [5.74, 6) is -0.905. The van der Waals surface area contributed by atoms with Crippen LogP contribution in [0.1, 0.15) is 10.4 Å². The Morgan fingerprint density at radius 2 is 1.89 bits per heavy atom. The van der Waals surface area contributed by atoms with Crippen LogP contribution < -0.4 is 11.1 Å². The van der Waals surface area contributed by atoms with Gasteiger partial charge in [-0.05, 0) is 52.3 Å². The van der Waals surface area contributed by atoms with Crippen LogP contribution in [-0.4, -0.2) is 5.91 Å². The number of carbonyl (C=O) groups is 1. The van der Waals surface area contributed by atoms with E-state index in [0.29, 0.717) is 15.8 Å². The Morgan fingerprint density at radius 3 is 2.58 bits per heavy atom. The lowest BCUT2D eigenvalue weighted by molar-refractivity contribution is 0.102. The maximum absolute atomic E-state index is 13.1. The summed E-state index contributed by atoms with van der Waals surface area (Å²) in [6.45, 7) is 0. The smallest absolute Gasteiger partial charge is 0.256 e. The van der Waals surface area contributed by atoms with Crippen LogP contribution in [0.2, 0.25) is 0 Å². The van der Waals surface area contributed by atoms with Crippen LogP contribution in [-0.2, 0) is 0 Å². The molecule has 0 aliphatic carbocycles. The van der Waals surface area contributed by atoms with Crippen molar-refractivity contribution in [2.75, 3.05) is 11.1 Å². The molecular formula is C13H9Br2FN2O. The minimum atomic E-state index is -0.475. The number of halogens is 3. The van der Waals surface area contributed by atoms with Gasteiger partial charge in [-0.15, -0.1) is 0 Å². The summed E-state index contributed by atoms with van der Waals surface area (Å²) in [6, 6.07) is 9.02. The van der Waals surface area contributed by atoms with E-state index in [4.69, 9.17) is 5.73 Å². The predicted octanol–water partition coefficient (Wildman–Crippen LogP) is 4.19. The maximum Gasteiger partial charge on any atom is 0.256 e. The van der Waals surface area contributed by atoms with Gasteiger partial charge in [0.25, 0.3) is 5.91 Å². The number of nitrogen functional groups attached to an aromatic ring is 1. The highest BCUT2D eigenvalue weighted by Crippen LogP contribution is 2.25. The predicted molar refractivity (Wildman–Crippen MR) is 80.6 cm³/mol. The number of nitrogens with two attached hydrogens (primary N) is 1. The van der Waals surface area contributed by atoms with E-state index in [1.54, 1.807) is 18.2 Å². The van der Waals surface area contributed by atoms with Crippen LogP contribution in [0.4, 0.5) is 15.8 Å². The van der Waals surface area contributed by atoms with E-state index >= 15 is 0 Å². The van der Waals surface area contributed by atoms with Crippen molar-refractivity contribution in [2.24, 2.45) is 0 Å². The molecule has 6 heteroatoms. The minimum Gasteiger partial charge on any atom is -0.397 e. The summed E-state index contributed by atoms with van der Waals surface area (Å²) < 4.78 is 14.5. The molecule has 0 aliphatic rings. The van der Waals surface area contributed by atoms with E-state index in [9.17, 15) is 9.18 Å². The fraction of sp³-hybridized carbons (Fsp3) is 0. The van der Waals surface area contributed by atoms with Gasteiger partial charge in [0.05, 0.1) is 16.9 Å². The van der Waals surface area contributed by atoms with Gasteiger partial charge >= 0.3 is 0 Å². The first-order valence-electron chi connectivity index (χ1n) is 5.29. The van der Waals surface area contributed by atoms with Gasteiger partial charge in [0.1, 0.15) is 5.82 Å². The summed E-state index contributed by atoms with van der Waals surface area (Å²) in [5, 5.41) is 2.64. The molecule has 98 valence electrons. The normalized spacial score (nSPS) is 10.3. The van der Waals surface area contributed by atoms with Crippen molar-refractivity contribution in [3.8, 4) is 0 Å². The molecule has 0 radical (unpaired) electrons. The van der Waals surface area contributed by atoms with E-state index in [-0.39, 0.29) is 5.56 Å². The highest BCUT2D eigenvalue weighted by Gasteiger charge is 2.12. The van der Waals surface area contributed by atoms with Gasteiger partial charge in [-0.25, -0.2) is 4.39 Å². The fourth-order valence-electron chi connectivity index (χ4n) is 1.51. The zero-order valence-corrected chi connectivity index (χ0v) is 12.8. The second-order valence-electron chi connectivity index (χ2n) is 3.81. The number of hydrogen-bond donors (Lipinski definition) is 2. The topological polar surface area (TPSA) is 55.1 Å². The third kappa shape index (κ3) is 3.33. The van der Waals surface area contributed by atoms with E-state index < -0.39 is 11.7 Å². The average molecular weight is 388 g/mol. The molecule has 2 rings (SSSR count). The van der Waals surface area contributed by atoms with Gasteiger partial charge in [0.2, 0.25) is 0 Å². The zero-order chi connectivity index (χ0) is 14.0. The van der Waals surface area contributed by atoms with Crippen molar-refractivity contribution in [3.05, 3.63) is 56.7 Å². The zero-order valence-electron chi connectivity index (χ0n) is 9.58. The fourth-order valence-corrected chi connectivity index (χ4v) is 2.31. The summed E-state index contributed by atoms with van der Waals surface area (Å²) in [7, 11) is 0. The van der Waals surface area contributed by atoms with Crippen LogP contribution >= 0.6 is 31.9 Å². The SMILES string of the molecule is Nc1cc(Br)ccc1NC(=O)c1cc(F)ccc1Br. The second-order valence-corrected chi connectivity index (χ2v) is 5.58. The molecule has 2 aromatic rings. The Labute approximate surface area is 126 Å². The van der Waals surface area contributed by atoms with Crippen LogP contribution in [0.5, 0.6) is 0 Å². The Morgan fingerprint density at radius 1 is 1.16 bits per heavy atom. The van der Waals surface area contributed by atoms with Crippen molar-refractivity contribution < 1.29 is 9.18 Å². The number of hydrogen-bond acceptors (Lipinski definition) is 2. The van der Waals surface area contributed by atoms with E-state index in [2.05, 4.69) is 37.2 Å². The molecule has 0 aliphatic heterocycles. The number of amides is 1. The van der Waals surface area contributed by atoms with E-state index in [1.165, 1.54) is 12.1 Å². The number of carbonyl (C=O) groups excluding carboxylic acids is 1. The van der Waals surface area contributed by atoms with Gasteiger partial charge in [0.15, 0.2) is 0 Å². The van der Waals surface area contributed by atoms with Crippen molar-refractivity contribution in [3.63, 3.8) is 0 Å². The van der Waals surface area contributed by atoms with Gasteiger partial charge in [0, 0.05) is 8.95 Å². The molecule has 19 heavy (non-hydrogen) atoms. The van der Waals surface area contributed by atoms with Gasteiger partial charge in [-0.1, -0.05) is 15.9 Å². The molecule has 3 N–H and O–H groups in total. The van der Waals surface area contributed by atoms with Crippen molar-refractivity contribution in [1.82, 2.24) is 0 Å². The minimum absolute atomic E-state index is 0.210. The molecule has 0 unspecified atom stereocenters. The van der Waals surface area contributed by atoms with Gasteiger partial charge < -0.3 is 11.1 Å². The molecule has 0 saturated heterocycles. The lowest BCUT2D eigenvalue weighted by atomic mass is 10.2. The molecule has 0 heterocycles. The first-order chi connectivity index (χ1) is 8.97. The van der Waals surface area contributed by atoms with Crippen LogP contribution in [0.15, 0.2) is 45.3 Å². The number of rotatable bonds is 2. The average Bonchev–Trinajstić information content (AvgIpc) is 2.35. The molecular weight excluding hydrogens is 379 g/mol. The lowest BCUT2D eigenvalue weighted by Crippen LogP contribution is -2.14. The third-order valence-corrected chi connectivity index (χ3v) is 3.62. The maximum atomic E-state index is 13.1. The van der Waals surface area contributed by atoms with Crippen LogP contribution in [0, 0.1) is 5.82 Å². The van der Waals surface area contributed by atoms with E-state index in [1.807, 2.05) is 0 Å². The first-order valence-corrected chi connectivity index (χ1v) is 6.87. The van der Waals surface area contributed by atoms with E-state index in [0.717, 1.165) is 10.5 Å². The molecule has 0 bridgehead atoms. The van der Waals surface area contributed by atoms with Crippen molar-refractivity contribution >= 4 is 49.1 Å². The Hall–Kier alpha value is -1.40. The first kappa shape index (κ1) is 14.0. The number of anilines is 2. The standard InChI is InChI=1S/C13H9Br2FN2O/c14-7-1-4-12(11(17)5-7)18-13(19)9-6-8(16)2-3-10(9)15/h1-6H,17H2,(H,18,19). The highest BCUT2D eigenvalue weighted by atomic mass is 79.9. The molecule has 1 amide bonds. The largest absolute Gasteiger partial charge is 0.397 e. The molecule has 0 atom stereocenters. The second kappa shape index (κ2) is 5.71. The van der Waals surface area contributed by atoms with Crippen LogP contribution in [0.3, 0.4) is 0 Å². The summed E-state index contributed by atoms with van der Waals surface area (Å²) in [6.07, 6.45) is 0. The quantitative estimate of drug-likeness (QED) is 0.759. The van der Waals surface area contributed by atoms with Crippen LogP contribution in [0.25, 0.3) is 0 Å². The molecule has 0 fully saturated rings. The van der Waals surface area contributed by atoms with Crippen molar-refractivity contribution in [2.45, 2.75) is 0 Å². The molecule has 2 aromatic carbocycles. The lowest BCUT2D eigenvalue weighted by Gasteiger charge is -2.09. The molecule has 0 spiro atoms.